The van der Waals surface area contributed by atoms with Gasteiger partial charge in [-0.15, -0.1) is 0 Å². The quantitative estimate of drug-likeness (QED) is 0.517. The molecule has 0 aliphatic rings. The van der Waals surface area contributed by atoms with Crippen LogP contribution in [0.4, 0.5) is 0 Å². The van der Waals surface area contributed by atoms with Crippen molar-refractivity contribution in [2.24, 2.45) is 0 Å². The number of benzene rings is 2. The summed E-state index contributed by atoms with van der Waals surface area (Å²) >= 11 is 0. The van der Waals surface area contributed by atoms with Crippen LogP contribution in [0.1, 0.15) is 0 Å². The molecular weight excluding hydrogens is 312 g/mol. The summed E-state index contributed by atoms with van der Waals surface area (Å²) in [6, 6.07) is 19.6. The first-order chi connectivity index (χ1) is 12.3. The molecule has 5 aromatic rings. The summed E-state index contributed by atoms with van der Waals surface area (Å²) in [5.74, 6) is 0. The number of aromatic amines is 2. The van der Waals surface area contributed by atoms with Gasteiger partial charge in [-0.3, -0.25) is 4.79 Å². The summed E-state index contributed by atoms with van der Waals surface area (Å²) in [5, 5.41) is 5.38. The van der Waals surface area contributed by atoms with Gasteiger partial charge >= 0.3 is 0 Å². The van der Waals surface area contributed by atoms with Crippen LogP contribution in [0.15, 0.2) is 77.9 Å². The molecule has 0 radical (unpaired) electrons. The molecule has 5 rings (SSSR count). The minimum Gasteiger partial charge on any atom is -0.361 e. The monoisotopic (exact) mass is 326 g/mol. The molecule has 0 aliphatic carbocycles. The molecule has 0 amide bonds. The standard InChI is InChI=1S/C20H14N4O/c25-19-11-18(15-7-6-14-8-9-21-17(14)10-15)23-20-16(12-22-24(19)20)13-4-2-1-3-5-13/h1-12,21,23H. The van der Waals surface area contributed by atoms with Crippen LogP contribution in [0, 0.1) is 0 Å². The molecule has 3 aromatic heterocycles. The highest BCUT2D eigenvalue weighted by atomic mass is 16.1. The minimum absolute atomic E-state index is 0.155. The molecule has 0 saturated heterocycles. The maximum Gasteiger partial charge on any atom is 0.274 e. The Bertz CT molecular complexity index is 1260. The molecule has 0 bridgehead atoms. The van der Waals surface area contributed by atoms with Crippen LogP contribution in [-0.4, -0.2) is 19.6 Å². The molecule has 0 aliphatic heterocycles. The van der Waals surface area contributed by atoms with Gasteiger partial charge in [-0.2, -0.15) is 9.61 Å². The summed E-state index contributed by atoms with van der Waals surface area (Å²) in [6.07, 6.45) is 3.63. The van der Waals surface area contributed by atoms with E-state index in [0.717, 1.165) is 33.3 Å². The number of nitrogens with one attached hydrogen (secondary N) is 2. The zero-order valence-electron chi connectivity index (χ0n) is 13.2. The number of H-pyrrole nitrogens is 2. The fraction of sp³-hybridized carbons (Fsp3) is 0. The van der Waals surface area contributed by atoms with Gasteiger partial charge in [-0.1, -0.05) is 42.5 Å². The Morgan fingerprint density at radius 3 is 2.68 bits per heavy atom. The van der Waals surface area contributed by atoms with E-state index >= 15 is 0 Å². The third kappa shape index (κ3) is 2.17. The van der Waals surface area contributed by atoms with E-state index in [1.807, 2.05) is 60.8 Å². The number of aromatic nitrogens is 4. The van der Waals surface area contributed by atoms with Crippen molar-refractivity contribution in [1.82, 2.24) is 19.6 Å². The topological polar surface area (TPSA) is 66.0 Å². The molecule has 0 spiro atoms. The first kappa shape index (κ1) is 13.8. The first-order valence-electron chi connectivity index (χ1n) is 8.03. The smallest absolute Gasteiger partial charge is 0.274 e. The molecule has 120 valence electrons. The van der Waals surface area contributed by atoms with Crippen LogP contribution in [0.2, 0.25) is 0 Å². The lowest BCUT2D eigenvalue weighted by atomic mass is 10.1. The molecule has 0 atom stereocenters. The third-order valence-electron chi connectivity index (χ3n) is 4.45. The number of rotatable bonds is 2. The van der Waals surface area contributed by atoms with Gasteiger partial charge < -0.3 is 9.97 Å². The van der Waals surface area contributed by atoms with Crippen LogP contribution >= 0.6 is 0 Å². The molecule has 3 heterocycles. The van der Waals surface area contributed by atoms with E-state index in [9.17, 15) is 4.79 Å². The highest BCUT2D eigenvalue weighted by molar-refractivity contribution is 5.85. The summed E-state index contributed by atoms with van der Waals surface area (Å²) in [4.78, 5) is 19.1. The maximum atomic E-state index is 12.5. The molecule has 5 nitrogen and oxygen atoms in total. The van der Waals surface area contributed by atoms with Gasteiger partial charge in [0.25, 0.3) is 5.56 Å². The van der Waals surface area contributed by atoms with E-state index in [-0.39, 0.29) is 5.56 Å². The van der Waals surface area contributed by atoms with Crippen LogP contribution < -0.4 is 5.56 Å². The Balaban J connectivity index is 1.75. The second-order valence-corrected chi connectivity index (χ2v) is 5.99. The van der Waals surface area contributed by atoms with E-state index in [1.165, 1.54) is 4.52 Å². The molecular formula is C20H14N4O. The van der Waals surface area contributed by atoms with Gasteiger partial charge in [0.2, 0.25) is 0 Å². The normalized spacial score (nSPS) is 11.4. The van der Waals surface area contributed by atoms with Crippen molar-refractivity contribution in [2.45, 2.75) is 0 Å². The second-order valence-electron chi connectivity index (χ2n) is 5.99. The predicted molar refractivity (Wildman–Crippen MR) is 98.5 cm³/mol. The van der Waals surface area contributed by atoms with Gasteiger partial charge in [0.05, 0.1) is 11.9 Å². The number of fused-ring (bicyclic) bond motifs is 2. The Morgan fingerprint density at radius 2 is 1.80 bits per heavy atom. The lowest BCUT2D eigenvalue weighted by Gasteiger charge is -2.05. The highest BCUT2D eigenvalue weighted by Gasteiger charge is 2.11. The lowest BCUT2D eigenvalue weighted by Crippen LogP contribution is -2.14. The van der Waals surface area contributed by atoms with E-state index in [4.69, 9.17) is 0 Å². The molecule has 2 aromatic carbocycles. The predicted octanol–water partition coefficient (Wildman–Crippen LogP) is 3.84. The van der Waals surface area contributed by atoms with Crippen LogP contribution in [-0.2, 0) is 0 Å². The van der Waals surface area contributed by atoms with Crippen LogP contribution in [0.25, 0.3) is 38.9 Å². The number of hydrogen-bond donors (Lipinski definition) is 2. The Labute approximate surface area is 142 Å². The van der Waals surface area contributed by atoms with Crippen molar-refractivity contribution in [2.75, 3.05) is 0 Å². The second kappa shape index (κ2) is 5.21. The van der Waals surface area contributed by atoms with Crippen molar-refractivity contribution in [1.29, 1.82) is 0 Å². The number of nitrogens with zero attached hydrogens (tertiary/aromatic N) is 2. The minimum atomic E-state index is -0.155. The van der Waals surface area contributed by atoms with Crippen LogP contribution in [0.5, 0.6) is 0 Å². The molecule has 25 heavy (non-hydrogen) atoms. The van der Waals surface area contributed by atoms with Crippen molar-refractivity contribution in [3.8, 4) is 22.4 Å². The van der Waals surface area contributed by atoms with Crippen molar-refractivity contribution in [3.63, 3.8) is 0 Å². The van der Waals surface area contributed by atoms with Gasteiger partial charge in [-0.05, 0) is 23.1 Å². The molecule has 0 saturated carbocycles. The van der Waals surface area contributed by atoms with E-state index in [1.54, 1.807) is 12.3 Å². The summed E-state index contributed by atoms with van der Waals surface area (Å²) in [7, 11) is 0. The van der Waals surface area contributed by atoms with Crippen molar-refractivity contribution < 1.29 is 0 Å². The zero-order chi connectivity index (χ0) is 16.8. The summed E-state index contributed by atoms with van der Waals surface area (Å²) in [6.45, 7) is 0. The van der Waals surface area contributed by atoms with Crippen LogP contribution in [0.3, 0.4) is 0 Å². The lowest BCUT2D eigenvalue weighted by molar-refractivity contribution is 0.901. The Morgan fingerprint density at radius 1 is 0.920 bits per heavy atom. The molecule has 2 N–H and O–H groups in total. The Hall–Kier alpha value is -3.60. The zero-order valence-corrected chi connectivity index (χ0v) is 13.2. The Kier molecular flexibility index (Phi) is 2.87. The summed E-state index contributed by atoms with van der Waals surface area (Å²) < 4.78 is 1.40. The largest absolute Gasteiger partial charge is 0.361 e. The van der Waals surface area contributed by atoms with Gasteiger partial charge in [0.15, 0.2) is 0 Å². The first-order valence-corrected chi connectivity index (χ1v) is 8.03. The van der Waals surface area contributed by atoms with E-state index in [2.05, 4.69) is 15.1 Å². The van der Waals surface area contributed by atoms with E-state index in [0.29, 0.717) is 5.65 Å². The van der Waals surface area contributed by atoms with E-state index < -0.39 is 0 Å². The fourth-order valence-electron chi connectivity index (χ4n) is 3.18. The molecule has 0 unspecified atom stereocenters. The molecule has 5 heteroatoms. The molecule has 0 fully saturated rings. The highest BCUT2D eigenvalue weighted by Crippen LogP contribution is 2.25. The SMILES string of the molecule is O=c1cc(-c2ccc3cc[nH]c3c2)[nH]c2c(-c3ccccc3)cnn12. The van der Waals surface area contributed by atoms with Gasteiger partial charge in [0, 0.05) is 28.9 Å². The fourth-order valence-corrected chi connectivity index (χ4v) is 3.18. The maximum absolute atomic E-state index is 12.5. The summed E-state index contributed by atoms with van der Waals surface area (Å²) in [5.41, 5.74) is 5.22. The van der Waals surface area contributed by atoms with Gasteiger partial charge in [0.1, 0.15) is 5.65 Å². The third-order valence-corrected chi connectivity index (χ3v) is 4.45. The van der Waals surface area contributed by atoms with Crippen molar-refractivity contribution in [3.05, 3.63) is 83.4 Å². The average Bonchev–Trinajstić information content (AvgIpc) is 3.28. The van der Waals surface area contributed by atoms with Gasteiger partial charge in [-0.25, -0.2) is 0 Å². The number of hydrogen-bond acceptors (Lipinski definition) is 2. The van der Waals surface area contributed by atoms with Crippen molar-refractivity contribution >= 4 is 16.6 Å². The average molecular weight is 326 g/mol.